The molecule has 3 N–H and O–H groups in total. The van der Waals surface area contributed by atoms with Crippen LogP contribution in [0.2, 0.25) is 0 Å². The third-order valence-corrected chi connectivity index (χ3v) is 5.05. The number of amides is 1. The quantitative estimate of drug-likeness (QED) is 0.465. The Labute approximate surface area is 185 Å². The van der Waals surface area contributed by atoms with E-state index >= 15 is 0 Å². The minimum absolute atomic E-state index is 0.339. The minimum atomic E-state index is -0.517. The van der Waals surface area contributed by atoms with Crippen molar-refractivity contribution in [3.8, 4) is 11.5 Å². The van der Waals surface area contributed by atoms with E-state index in [9.17, 15) is 9.59 Å². The summed E-state index contributed by atoms with van der Waals surface area (Å²) >= 11 is 5.29. The van der Waals surface area contributed by atoms with Gasteiger partial charge in [0, 0.05) is 11.8 Å². The zero-order chi connectivity index (χ0) is 22.5. The molecule has 0 spiro atoms. The number of esters is 1. The van der Waals surface area contributed by atoms with Gasteiger partial charge in [-0.25, -0.2) is 4.79 Å². The number of ether oxygens (including phenoxy) is 3. The fraction of sp³-hybridized carbons (Fsp3) is 0.227. The van der Waals surface area contributed by atoms with Crippen molar-refractivity contribution in [3.05, 3.63) is 64.9 Å². The number of hydrogen-bond acceptors (Lipinski definition) is 6. The number of carbonyl (C=O) groups is 2. The smallest absolute Gasteiger partial charge is 0.337 e. The summed E-state index contributed by atoms with van der Waals surface area (Å²) < 4.78 is 15.3. The normalized spacial score (nSPS) is 15.5. The molecule has 9 heteroatoms. The van der Waals surface area contributed by atoms with Crippen molar-refractivity contribution in [1.82, 2.24) is 10.6 Å². The maximum absolute atomic E-state index is 13.3. The predicted octanol–water partition coefficient (Wildman–Crippen LogP) is 2.92. The molecule has 0 saturated heterocycles. The SMILES string of the molecule is COC(=O)c1ccc(C2NC(=S)NC(C)=C2C(=O)Nc2cc(OC)ccc2OC)cc1. The van der Waals surface area contributed by atoms with Crippen molar-refractivity contribution < 1.29 is 23.8 Å². The number of benzene rings is 2. The lowest BCUT2D eigenvalue weighted by Crippen LogP contribution is -2.45. The molecule has 0 fully saturated rings. The van der Waals surface area contributed by atoms with E-state index in [0.29, 0.717) is 39.1 Å². The molecule has 8 nitrogen and oxygen atoms in total. The van der Waals surface area contributed by atoms with E-state index in [4.69, 9.17) is 26.4 Å². The number of anilines is 1. The lowest BCUT2D eigenvalue weighted by Gasteiger charge is -2.30. The third-order valence-electron chi connectivity index (χ3n) is 4.83. The summed E-state index contributed by atoms with van der Waals surface area (Å²) in [4.78, 5) is 25.0. The van der Waals surface area contributed by atoms with Gasteiger partial charge in [-0.15, -0.1) is 0 Å². The van der Waals surface area contributed by atoms with Crippen LogP contribution in [0, 0.1) is 0 Å². The number of methoxy groups -OCH3 is 3. The lowest BCUT2D eigenvalue weighted by molar-refractivity contribution is -0.113. The first-order valence-electron chi connectivity index (χ1n) is 9.37. The fourth-order valence-electron chi connectivity index (χ4n) is 3.28. The molecule has 0 bridgehead atoms. The first kappa shape index (κ1) is 22.1. The third kappa shape index (κ3) is 4.77. The molecule has 2 aromatic rings. The number of rotatable bonds is 6. The molecule has 3 rings (SSSR count). The summed E-state index contributed by atoms with van der Waals surface area (Å²) in [7, 11) is 4.39. The fourth-order valence-corrected chi connectivity index (χ4v) is 3.55. The minimum Gasteiger partial charge on any atom is -0.497 e. The summed E-state index contributed by atoms with van der Waals surface area (Å²) in [6.45, 7) is 1.78. The van der Waals surface area contributed by atoms with Crippen LogP contribution in [0.3, 0.4) is 0 Å². The molecule has 0 aromatic heterocycles. The van der Waals surface area contributed by atoms with Gasteiger partial charge in [0.1, 0.15) is 11.5 Å². The van der Waals surface area contributed by atoms with Crippen LogP contribution in [-0.2, 0) is 9.53 Å². The maximum atomic E-state index is 13.3. The van der Waals surface area contributed by atoms with E-state index in [1.165, 1.54) is 14.2 Å². The molecule has 0 radical (unpaired) electrons. The molecule has 1 atom stereocenters. The van der Waals surface area contributed by atoms with Gasteiger partial charge in [0.15, 0.2) is 5.11 Å². The zero-order valence-corrected chi connectivity index (χ0v) is 18.4. The molecular weight excluding hydrogens is 418 g/mol. The Kier molecular flexibility index (Phi) is 6.76. The Morgan fingerprint density at radius 1 is 1.03 bits per heavy atom. The van der Waals surface area contributed by atoms with E-state index in [1.807, 2.05) is 0 Å². The molecule has 1 aliphatic rings. The second-order valence-electron chi connectivity index (χ2n) is 6.70. The van der Waals surface area contributed by atoms with Crippen molar-refractivity contribution in [3.63, 3.8) is 0 Å². The Bertz CT molecular complexity index is 1050. The van der Waals surface area contributed by atoms with Gasteiger partial charge in [-0.3, -0.25) is 4.79 Å². The summed E-state index contributed by atoms with van der Waals surface area (Å²) in [5.41, 5.74) is 2.71. The maximum Gasteiger partial charge on any atom is 0.337 e. The number of thiocarbonyl (C=S) groups is 1. The highest BCUT2D eigenvalue weighted by Crippen LogP contribution is 2.32. The molecule has 0 aliphatic carbocycles. The standard InChI is InChI=1S/C22H23N3O5S/c1-12-18(20(26)24-16-11-15(28-2)9-10-17(16)29-3)19(25-22(31)23-12)13-5-7-14(8-6-13)21(27)30-4/h5-11,19H,1-4H3,(H,24,26)(H2,23,25,31). The molecule has 1 amide bonds. The average molecular weight is 442 g/mol. The van der Waals surface area contributed by atoms with Crippen molar-refractivity contribution in [2.24, 2.45) is 0 Å². The molecule has 2 aromatic carbocycles. The molecule has 1 heterocycles. The van der Waals surface area contributed by atoms with E-state index < -0.39 is 12.0 Å². The van der Waals surface area contributed by atoms with Crippen LogP contribution in [0.5, 0.6) is 11.5 Å². The van der Waals surface area contributed by atoms with Crippen LogP contribution in [0.15, 0.2) is 53.7 Å². The van der Waals surface area contributed by atoms with Gasteiger partial charge >= 0.3 is 5.97 Å². The van der Waals surface area contributed by atoms with Gasteiger partial charge in [0.25, 0.3) is 5.91 Å². The van der Waals surface area contributed by atoms with Gasteiger partial charge in [-0.05, 0) is 49.0 Å². The van der Waals surface area contributed by atoms with Gasteiger partial charge in [0.2, 0.25) is 0 Å². The molecule has 31 heavy (non-hydrogen) atoms. The van der Waals surface area contributed by atoms with Crippen LogP contribution < -0.4 is 25.4 Å². The van der Waals surface area contributed by atoms with Gasteiger partial charge in [-0.2, -0.15) is 0 Å². The number of allylic oxidation sites excluding steroid dienone is 1. The summed E-state index contributed by atoms with van der Waals surface area (Å²) in [5.74, 6) is 0.306. The average Bonchev–Trinajstić information content (AvgIpc) is 2.77. The highest BCUT2D eigenvalue weighted by Gasteiger charge is 2.30. The van der Waals surface area contributed by atoms with Crippen molar-refractivity contribution in [2.45, 2.75) is 13.0 Å². The Morgan fingerprint density at radius 2 is 1.74 bits per heavy atom. The first-order valence-corrected chi connectivity index (χ1v) is 9.78. The molecule has 162 valence electrons. The van der Waals surface area contributed by atoms with Crippen molar-refractivity contribution in [1.29, 1.82) is 0 Å². The van der Waals surface area contributed by atoms with E-state index in [0.717, 1.165) is 5.56 Å². The van der Waals surface area contributed by atoms with Crippen molar-refractivity contribution in [2.75, 3.05) is 26.6 Å². The molecular formula is C22H23N3O5S. The highest BCUT2D eigenvalue weighted by atomic mass is 32.1. The van der Waals surface area contributed by atoms with Crippen LogP contribution in [0.25, 0.3) is 0 Å². The van der Waals surface area contributed by atoms with Crippen LogP contribution in [0.4, 0.5) is 5.69 Å². The molecule has 1 unspecified atom stereocenters. The zero-order valence-electron chi connectivity index (χ0n) is 17.6. The monoisotopic (exact) mass is 441 g/mol. The second-order valence-corrected chi connectivity index (χ2v) is 7.11. The van der Waals surface area contributed by atoms with E-state index in [1.54, 1.807) is 56.5 Å². The summed E-state index contributed by atoms with van der Waals surface area (Å²) in [6, 6.07) is 11.4. The van der Waals surface area contributed by atoms with E-state index in [-0.39, 0.29) is 5.91 Å². The number of carbonyl (C=O) groups excluding carboxylic acids is 2. The molecule has 1 aliphatic heterocycles. The summed E-state index contributed by atoms with van der Waals surface area (Å²) in [5, 5.41) is 9.41. The van der Waals surface area contributed by atoms with Gasteiger partial charge in [-0.1, -0.05) is 12.1 Å². The van der Waals surface area contributed by atoms with Crippen LogP contribution >= 0.6 is 12.2 Å². The first-order chi connectivity index (χ1) is 14.9. The topological polar surface area (TPSA) is 97.9 Å². The molecule has 0 saturated carbocycles. The highest BCUT2D eigenvalue weighted by molar-refractivity contribution is 7.80. The van der Waals surface area contributed by atoms with Gasteiger partial charge in [0.05, 0.1) is 44.2 Å². The van der Waals surface area contributed by atoms with E-state index in [2.05, 4.69) is 16.0 Å². The largest absolute Gasteiger partial charge is 0.497 e. The Balaban J connectivity index is 1.95. The lowest BCUT2D eigenvalue weighted by atomic mass is 9.94. The number of hydrogen-bond donors (Lipinski definition) is 3. The Morgan fingerprint density at radius 3 is 2.35 bits per heavy atom. The van der Waals surface area contributed by atoms with Crippen molar-refractivity contribution >= 4 is 34.9 Å². The second kappa shape index (κ2) is 9.48. The summed E-state index contributed by atoms with van der Waals surface area (Å²) in [6.07, 6.45) is 0. The predicted molar refractivity (Wildman–Crippen MR) is 120 cm³/mol. The van der Waals surface area contributed by atoms with Crippen LogP contribution in [0.1, 0.15) is 28.9 Å². The number of nitrogens with one attached hydrogen (secondary N) is 3. The van der Waals surface area contributed by atoms with Crippen LogP contribution in [-0.4, -0.2) is 38.3 Å². The Hall–Kier alpha value is -3.59. The van der Waals surface area contributed by atoms with Gasteiger partial charge < -0.3 is 30.2 Å².